The number of methoxy groups -OCH3 is 1. The fourth-order valence-corrected chi connectivity index (χ4v) is 2.61. The quantitative estimate of drug-likeness (QED) is 0.775. The highest BCUT2D eigenvalue weighted by molar-refractivity contribution is 9.10. The van der Waals surface area contributed by atoms with E-state index < -0.39 is 0 Å². The molecule has 0 radical (unpaired) electrons. The minimum atomic E-state index is 0.654. The lowest BCUT2D eigenvalue weighted by Crippen LogP contribution is -2.19. The Morgan fingerprint density at radius 1 is 1.35 bits per heavy atom. The molecule has 0 bridgehead atoms. The average Bonchev–Trinajstić information content (AvgIpc) is 3.20. The number of rotatable bonds is 8. The van der Waals surface area contributed by atoms with E-state index in [1.54, 1.807) is 7.11 Å². The highest BCUT2D eigenvalue weighted by Gasteiger charge is 2.23. The summed E-state index contributed by atoms with van der Waals surface area (Å²) >= 11 is 3.60. The Hall–Kier alpha value is -0.740. The van der Waals surface area contributed by atoms with Crippen LogP contribution in [0.3, 0.4) is 0 Å². The van der Waals surface area contributed by atoms with Crippen LogP contribution in [-0.4, -0.2) is 20.3 Å². The molecule has 0 aliphatic heterocycles. The van der Waals surface area contributed by atoms with Crippen molar-refractivity contribution in [1.82, 2.24) is 5.32 Å². The fourth-order valence-electron chi connectivity index (χ4n) is 2.01. The zero-order valence-electron chi connectivity index (χ0n) is 12.5. The van der Waals surface area contributed by atoms with E-state index >= 15 is 0 Å². The van der Waals surface area contributed by atoms with Crippen molar-refractivity contribution in [2.45, 2.75) is 33.2 Å². The zero-order chi connectivity index (χ0) is 14.5. The molecule has 1 N–H and O–H groups in total. The lowest BCUT2D eigenvalue weighted by molar-refractivity contribution is 0.278. The molecule has 1 aliphatic rings. The molecule has 3 nitrogen and oxygen atoms in total. The van der Waals surface area contributed by atoms with Gasteiger partial charge in [-0.3, -0.25) is 0 Å². The van der Waals surface area contributed by atoms with Gasteiger partial charge in [-0.25, -0.2) is 0 Å². The maximum absolute atomic E-state index is 5.89. The summed E-state index contributed by atoms with van der Waals surface area (Å²) in [6.07, 6.45) is 2.58. The summed E-state index contributed by atoms with van der Waals surface area (Å²) in [6, 6.07) is 4.17. The summed E-state index contributed by atoms with van der Waals surface area (Å²) in [5, 5.41) is 3.44. The molecule has 0 atom stereocenters. The van der Waals surface area contributed by atoms with Gasteiger partial charge in [0, 0.05) is 6.54 Å². The second kappa shape index (κ2) is 7.32. The Kier molecular flexibility index (Phi) is 5.73. The van der Waals surface area contributed by atoms with Crippen LogP contribution in [0.5, 0.6) is 11.5 Å². The van der Waals surface area contributed by atoms with Crippen LogP contribution in [0, 0.1) is 11.8 Å². The van der Waals surface area contributed by atoms with Gasteiger partial charge in [0.1, 0.15) is 0 Å². The standard InChI is InChI=1S/C16H24BrNO2/c1-11(2)8-18-9-13-6-14(17)16(15(7-13)19-3)20-10-12-4-5-12/h6-7,11-12,18H,4-5,8-10H2,1-3H3. The van der Waals surface area contributed by atoms with E-state index in [2.05, 4.69) is 47.2 Å². The third kappa shape index (κ3) is 4.67. The van der Waals surface area contributed by atoms with E-state index in [9.17, 15) is 0 Å². The third-order valence-corrected chi connectivity index (χ3v) is 3.92. The molecule has 0 amide bonds. The molecule has 1 aromatic rings. The fraction of sp³-hybridized carbons (Fsp3) is 0.625. The van der Waals surface area contributed by atoms with Crippen LogP contribution in [0.1, 0.15) is 32.3 Å². The van der Waals surface area contributed by atoms with Crippen molar-refractivity contribution >= 4 is 15.9 Å². The highest BCUT2D eigenvalue weighted by atomic mass is 79.9. The number of nitrogens with one attached hydrogen (secondary N) is 1. The van der Waals surface area contributed by atoms with Crippen LogP contribution < -0.4 is 14.8 Å². The van der Waals surface area contributed by atoms with Crippen LogP contribution in [0.25, 0.3) is 0 Å². The normalized spacial score (nSPS) is 14.7. The van der Waals surface area contributed by atoms with Gasteiger partial charge in [-0.1, -0.05) is 13.8 Å². The van der Waals surface area contributed by atoms with E-state index in [-0.39, 0.29) is 0 Å². The largest absolute Gasteiger partial charge is 0.493 e. The maximum atomic E-state index is 5.89. The lowest BCUT2D eigenvalue weighted by atomic mass is 10.2. The molecule has 0 saturated heterocycles. The molecule has 2 rings (SSSR count). The van der Waals surface area contributed by atoms with Crippen molar-refractivity contribution < 1.29 is 9.47 Å². The molecule has 112 valence electrons. The van der Waals surface area contributed by atoms with Gasteiger partial charge in [-0.05, 0) is 64.8 Å². The van der Waals surface area contributed by atoms with Gasteiger partial charge in [-0.2, -0.15) is 0 Å². The summed E-state index contributed by atoms with van der Waals surface area (Å²) < 4.78 is 12.3. The Balaban J connectivity index is 2.01. The topological polar surface area (TPSA) is 30.5 Å². The number of hydrogen-bond donors (Lipinski definition) is 1. The molecule has 0 aromatic heterocycles. The Labute approximate surface area is 130 Å². The summed E-state index contributed by atoms with van der Waals surface area (Å²) in [5.41, 5.74) is 1.20. The monoisotopic (exact) mass is 341 g/mol. The molecular weight excluding hydrogens is 318 g/mol. The van der Waals surface area contributed by atoms with Crippen LogP contribution in [0.15, 0.2) is 16.6 Å². The molecule has 4 heteroatoms. The van der Waals surface area contributed by atoms with E-state index in [0.717, 1.165) is 41.6 Å². The zero-order valence-corrected chi connectivity index (χ0v) is 14.1. The predicted octanol–water partition coefficient (Wildman–Crippen LogP) is 3.99. The first-order valence-electron chi connectivity index (χ1n) is 7.30. The Morgan fingerprint density at radius 2 is 2.10 bits per heavy atom. The van der Waals surface area contributed by atoms with E-state index in [1.807, 2.05) is 0 Å². The van der Waals surface area contributed by atoms with Gasteiger partial charge in [0.2, 0.25) is 0 Å². The van der Waals surface area contributed by atoms with Crippen molar-refractivity contribution in [2.24, 2.45) is 11.8 Å². The molecule has 0 spiro atoms. The molecule has 0 heterocycles. The second-order valence-corrected chi connectivity index (χ2v) is 6.74. The smallest absolute Gasteiger partial charge is 0.175 e. The minimum Gasteiger partial charge on any atom is -0.493 e. The van der Waals surface area contributed by atoms with Crippen LogP contribution in [0.4, 0.5) is 0 Å². The molecule has 0 unspecified atom stereocenters. The number of benzene rings is 1. The number of ether oxygens (including phenoxy) is 2. The molecule has 1 fully saturated rings. The van der Waals surface area contributed by atoms with Crippen molar-refractivity contribution in [2.75, 3.05) is 20.3 Å². The summed E-state index contributed by atoms with van der Waals surface area (Å²) in [4.78, 5) is 0. The van der Waals surface area contributed by atoms with Gasteiger partial charge in [0.15, 0.2) is 11.5 Å². The summed E-state index contributed by atoms with van der Waals surface area (Å²) in [7, 11) is 1.69. The SMILES string of the molecule is COc1cc(CNCC(C)C)cc(Br)c1OCC1CC1. The minimum absolute atomic E-state index is 0.654. The van der Waals surface area contributed by atoms with Crippen molar-refractivity contribution in [3.8, 4) is 11.5 Å². The summed E-state index contributed by atoms with van der Waals surface area (Å²) in [5.74, 6) is 3.02. The molecule has 1 aliphatic carbocycles. The van der Waals surface area contributed by atoms with E-state index in [1.165, 1.54) is 18.4 Å². The first kappa shape index (κ1) is 15.6. The van der Waals surface area contributed by atoms with E-state index in [0.29, 0.717) is 5.92 Å². The van der Waals surface area contributed by atoms with Gasteiger partial charge in [0.25, 0.3) is 0 Å². The van der Waals surface area contributed by atoms with Gasteiger partial charge in [0.05, 0.1) is 18.2 Å². The molecular formula is C16H24BrNO2. The maximum Gasteiger partial charge on any atom is 0.175 e. The third-order valence-electron chi connectivity index (χ3n) is 3.33. The van der Waals surface area contributed by atoms with Crippen LogP contribution >= 0.6 is 15.9 Å². The van der Waals surface area contributed by atoms with Crippen molar-refractivity contribution in [3.05, 3.63) is 22.2 Å². The Bertz CT molecular complexity index is 444. The second-order valence-electron chi connectivity index (χ2n) is 5.89. The average molecular weight is 342 g/mol. The van der Waals surface area contributed by atoms with Crippen LogP contribution in [0.2, 0.25) is 0 Å². The van der Waals surface area contributed by atoms with Gasteiger partial charge in [-0.15, -0.1) is 0 Å². The Morgan fingerprint density at radius 3 is 2.70 bits per heavy atom. The highest BCUT2D eigenvalue weighted by Crippen LogP contribution is 2.38. The lowest BCUT2D eigenvalue weighted by Gasteiger charge is -2.15. The van der Waals surface area contributed by atoms with Gasteiger partial charge >= 0.3 is 0 Å². The van der Waals surface area contributed by atoms with Crippen molar-refractivity contribution in [1.29, 1.82) is 0 Å². The van der Waals surface area contributed by atoms with Crippen LogP contribution in [-0.2, 0) is 6.54 Å². The van der Waals surface area contributed by atoms with Gasteiger partial charge < -0.3 is 14.8 Å². The first-order valence-corrected chi connectivity index (χ1v) is 8.09. The summed E-state index contributed by atoms with van der Waals surface area (Å²) in [6.45, 7) is 7.06. The molecule has 1 saturated carbocycles. The number of halogens is 1. The van der Waals surface area contributed by atoms with E-state index in [4.69, 9.17) is 9.47 Å². The first-order chi connectivity index (χ1) is 9.60. The molecule has 1 aromatic carbocycles. The predicted molar refractivity (Wildman–Crippen MR) is 85.5 cm³/mol. The van der Waals surface area contributed by atoms with Crippen molar-refractivity contribution in [3.63, 3.8) is 0 Å². The molecule has 20 heavy (non-hydrogen) atoms. The number of hydrogen-bond acceptors (Lipinski definition) is 3.